The van der Waals surface area contributed by atoms with Crippen molar-refractivity contribution in [2.75, 3.05) is 38.2 Å². The molecule has 6 nitrogen and oxygen atoms in total. The largest absolute Gasteiger partial charge is 0.495 e. The van der Waals surface area contributed by atoms with Crippen LogP contribution in [0, 0.1) is 5.82 Å². The SMILES string of the molecule is CCc1c(C(=O)N2CCN(c3ccccc3OC)CC2)cnn1-c1ccc(F)cc1. The van der Waals surface area contributed by atoms with E-state index in [2.05, 4.69) is 10.00 Å². The first-order chi connectivity index (χ1) is 14.6. The van der Waals surface area contributed by atoms with Crippen molar-refractivity contribution in [3.05, 3.63) is 71.8 Å². The third kappa shape index (κ3) is 3.75. The molecule has 156 valence electrons. The number of halogens is 1. The third-order valence-corrected chi connectivity index (χ3v) is 5.50. The number of piperazine rings is 1. The fraction of sp³-hybridized carbons (Fsp3) is 0.304. The highest BCUT2D eigenvalue weighted by atomic mass is 19.1. The van der Waals surface area contributed by atoms with Crippen molar-refractivity contribution in [3.8, 4) is 11.4 Å². The average molecular weight is 408 g/mol. The Morgan fingerprint density at radius 2 is 1.77 bits per heavy atom. The number of methoxy groups -OCH3 is 1. The summed E-state index contributed by atoms with van der Waals surface area (Å²) in [6.07, 6.45) is 2.27. The second-order valence-corrected chi connectivity index (χ2v) is 7.20. The number of rotatable bonds is 5. The van der Waals surface area contributed by atoms with Crippen LogP contribution >= 0.6 is 0 Å². The zero-order valence-corrected chi connectivity index (χ0v) is 17.2. The molecule has 0 saturated carbocycles. The molecule has 0 atom stereocenters. The van der Waals surface area contributed by atoms with Crippen molar-refractivity contribution in [1.29, 1.82) is 0 Å². The van der Waals surface area contributed by atoms with E-state index in [4.69, 9.17) is 4.74 Å². The normalized spacial score (nSPS) is 14.1. The van der Waals surface area contributed by atoms with E-state index in [0.29, 0.717) is 25.1 Å². The Labute approximate surface area is 175 Å². The maximum absolute atomic E-state index is 13.3. The summed E-state index contributed by atoms with van der Waals surface area (Å²) in [7, 11) is 1.67. The topological polar surface area (TPSA) is 50.6 Å². The summed E-state index contributed by atoms with van der Waals surface area (Å²) in [4.78, 5) is 17.3. The first-order valence-electron chi connectivity index (χ1n) is 10.1. The van der Waals surface area contributed by atoms with Gasteiger partial charge >= 0.3 is 0 Å². The van der Waals surface area contributed by atoms with Gasteiger partial charge in [-0.15, -0.1) is 0 Å². The second kappa shape index (κ2) is 8.57. The van der Waals surface area contributed by atoms with E-state index in [1.54, 1.807) is 30.1 Å². The molecular formula is C23H25FN4O2. The molecule has 0 N–H and O–H groups in total. The smallest absolute Gasteiger partial charge is 0.257 e. The molecule has 1 saturated heterocycles. The number of carbonyl (C=O) groups excluding carboxylic acids is 1. The van der Waals surface area contributed by atoms with E-state index in [0.717, 1.165) is 35.9 Å². The van der Waals surface area contributed by atoms with E-state index in [-0.39, 0.29) is 11.7 Å². The standard InChI is InChI=1S/C23H25FN4O2/c1-3-20-19(16-25-28(20)18-10-8-17(24)9-11-18)23(29)27-14-12-26(13-15-27)21-6-4-5-7-22(21)30-2/h4-11,16H,3,12-15H2,1-2H3. The number of nitrogens with zero attached hydrogens (tertiary/aromatic N) is 4. The van der Waals surface area contributed by atoms with Gasteiger partial charge < -0.3 is 14.5 Å². The van der Waals surface area contributed by atoms with Crippen molar-refractivity contribution in [3.63, 3.8) is 0 Å². The number of ether oxygens (including phenoxy) is 1. The minimum atomic E-state index is -0.298. The second-order valence-electron chi connectivity index (χ2n) is 7.20. The van der Waals surface area contributed by atoms with Crippen molar-refractivity contribution >= 4 is 11.6 Å². The summed E-state index contributed by atoms with van der Waals surface area (Å²) < 4.78 is 20.4. The number of para-hydroxylation sites is 2. The lowest BCUT2D eigenvalue weighted by Gasteiger charge is -2.36. The van der Waals surface area contributed by atoms with Crippen LogP contribution < -0.4 is 9.64 Å². The molecule has 30 heavy (non-hydrogen) atoms. The molecule has 0 radical (unpaired) electrons. The zero-order chi connectivity index (χ0) is 21.1. The van der Waals surface area contributed by atoms with Crippen molar-refractivity contribution < 1.29 is 13.9 Å². The molecule has 1 fully saturated rings. The highest BCUT2D eigenvalue weighted by molar-refractivity contribution is 5.95. The predicted molar refractivity (Wildman–Crippen MR) is 114 cm³/mol. The first-order valence-corrected chi connectivity index (χ1v) is 10.1. The van der Waals surface area contributed by atoms with E-state index in [1.165, 1.54) is 12.1 Å². The van der Waals surface area contributed by atoms with Crippen LogP contribution in [0.1, 0.15) is 23.0 Å². The highest BCUT2D eigenvalue weighted by Crippen LogP contribution is 2.28. The van der Waals surface area contributed by atoms with E-state index >= 15 is 0 Å². The monoisotopic (exact) mass is 408 g/mol. The van der Waals surface area contributed by atoms with Crippen molar-refractivity contribution in [2.45, 2.75) is 13.3 Å². The predicted octanol–water partition coefficient (Wildman–Crippen LogP) is 3.54. The Morgan fingerprint density at radius 3 is 2.43 bits per heavy atom. The summed E-state index contributed by atoms with van der Waals surface area (Å²) >= 11 is 0. The van der Waals surface area contributed by atoms with Gasteiger partial charge in [-0.2, -0.15) is 5.10 Å². The van der Waals surface area contributed by atoms with Crippen LogP contribution in [0.3, 0.4) is 0 Å². The van der Waals surface area contributed by atoms with Crippen molar-refractivity contribution in [2.24, 2.45) is 0 Å². The van der Waals surface area contributed by atoms with Gasteiger partial charge in [0.1, 0.15) is 11.6 Å². The molecule has 1 aliphatic heterocycles. The number of hydrogen-bond acceptors (Lipinski definition) is 4. The first kappa shape index (κ1) is 19.9. The molecule has 2 heterocycles. The fourth-order valence-corrected chi connectivity index (χ4v) is 3.91. The Bertz CT molecular complexity index is 1020. The molecule has 4 rings (SSSR count). The lowest BCUT2D eigenvalue weighted by molar-refractivity contribution is 0.0745. The molecule has 1 aromatic heterocycles. The molecule has 1 amide bonds. The van der Waals surface area contributed by atoms with Gasteiger partial charge in [0, 0.05) is 26.2 Å². The number of amides is 1. The van der Waals surface area contributed by atoms with Crippen LogP contribution in [0.25, 0.3) is 5.69 Å². The molecular weight excluding hydrogens is 383 g/mol. The fourth-order valence-electron chi connectivity index (χ4n) is 3.91. The lowest BCUT2D eigenvalue weighted by Crippen LogP contribution is -2.49. The van der Waals surface area contributed by atoms with Crippen LogP contribution in [0.15, 0.2) is 54.7 Å². The van der Waals surface area contributed by atoms with Gasteiger partial charge in [-0.1, -0.05) is 19.1 Å². The van der Waals surface area contributed by atoms with Gasteiger partial charge in [0.15, 0.2) is 0 Å². The Hall–Kier alpha value is -3.35. The van der Waals surface area contributed by atoms with Crippen molar-refractivity contribution in [1.82, 2.24) is 14.7 Å². The summed E-state index contributed by atoms with van der Waals surface area (Å²) in [6, 6.07) is 14.1. The van der Waals surface area contributed by atoms with Crippen LogP contribution in [0.2, 0.25) is 0 Å². The van der Waals surface area contributed by atoms with E-state index in [9.17, 15) is 9.18 Å². The molecule has 0 unspecified atom stereocenters. The van der Waals surface area contributed by atoms with Gasteiger partial charge in [-0.05, 0) is 42.8 Å². The number of carbonyl (C=O) groups is 1. The molecule has 0 aliphatic carbocycles. The van der Waals surface area contributed by atoms with Crippen LogP contribution in [-0.2, 0) is 6.42 Å². The van der Waals surface area contributed by atoms with Crippen LogP contribution in [0.4, 0.5) is 10.1 Å². The maximum atomic E-state index is 13.3. The van der Waals surface area contributed by atoms with E-state index in [1.807, 2.05) is 36.1 Å². The van der Waals surface area contributed by atoms with E-state index < -0.39 is 0 Å². The Morgan fingerprint density at radius 1 is 1.07 bits per heavy atom. The zero-order valence-electron chi connectivity index (χ0n) is 17.2. The quantitative estimate of drug-likeness (QED) is 0.648. The Balaban J connectivity index is 1.50. The van der Waals surface area contributed by atoms with Gasteiger partial charge in [-0.25, -0.2) is 9.07 Å². The average Bonchev–Trinajstić information content (AvgIpc) is 3.23. The molecule has 7 heteroatoms. The summed E-state index contributed by atoms with van der Waals surface area (Å²) in [5, 5.41) is 4.41. The minimum absolute atomic E-state index is 0.0140. The summed E-state index contributed by atoms with van der Waals surface area (Å²) in [6.45, 7) is 4.72. The van der Waals surface area contributed by atoms with Gasteiger partial charge in [-0.3, -0.25) is 4.79 Å². The summed E-state index contributed by atoms with van der Waals surface area (Å²) in [5.41, 5.74) is 3.23. The number of aromatic nitrogens is 2. The molecule has 0 bridgehead atoms. The van der Waals surface area contributed by atoms with Gasteiger partial charge in [0.05, 0.1) is 35.9 Å². The molecule has 1 aliphatic rings. The lowest BCUT2D eigenvalue weighted by atomic mass is 10.1. The molecule has 0 spiro atoms. The van der Waals surface area contributed by atoms with Crippen LogP contribution in [0.5, 0.6) is 5.75 Å². The van der Waals surface area contributed by atoms with Gasteiger partial charge in [0.2, 0.25) is 0 Å². The van der Waals surface area contributed by atoms with Gasteiger partial charge in [0.25, 0.3) is 5.91 Å². The number of hydrogen-bond donors (Lipinski definition) is 0. The third-order valence-electron chi connectivity index (χ3n) is 5.50. The highest BCUT2D eigenvalue weighted by Gasteiger charge is 2.26. The minimum Gasteiger partial charge on any atom is -0.495 e. The number of benzene rings is 2. The van der Waals surface area contributed by atoms with Crippen LogP contribution in [-0.4, -0.2) is 53.9 Å². The maximum Gasteiger partial charge on any atom is 0.257 e. The molecule has 2 aromatic carbocycles. The summed E-state index contributed by atoms with van der Waals surface area (Å²) in [5.74, 6) is 0.527. The molecule has 3 aromatic rings. The number of anilines is 1. The Kier molecular flexibility index (Phi) is 5.70.